The number of amides is 1. The van der Waals surface area contributed by atoms with Gasteiger partial charge in [0.1, 0.15) is 5.82 Å². The number of aromatic nitrogens is 2. The predicted octanol–water partition coefficient (Wildman–Crippen LogP) is 3.48. The number of nitrogens with one attached hydrogen (secondary N) is 1. The Bertz CT molecular complexity index is 934. The van der Waals surface area contributed by atoms with E-state index < -0.39 is 0 Å². The van der Waals surface area contributed by atoms with Crippen molar-refractivity contribution in [2.45, 2.75) is 18.9 Å². The van der Waals surface area contributed by atoms with Gasteiger partial charge < -0.3 is 14.8 Å². The molecule has 0 aliphatic carbocycles. The number of nitrogens with zero attached hydrogens (tertiary/aromatic N) is 2. The van der Waals surface area contributed by atoms with Gasteiger partial charge in [-0.3, -0.25) is 4.79 Å². The van der Waals surface area contributed by atoms with Crippen LogP contribution in [-0.4, -0.2) is 29.9 Å². The van der Waals surface area contributed by atoms with Gasteiger partial charge in [0.15, 0.2) is 11.5 Å². The third-order valence-corrected chi connectivity index (χ3v) is 5.45. The number of hydrogen-bond acceptors (Lipinski definition) is 5. The van der Waals surface area contributed by atoms with Gasteiger partial charge >= 0.3 is 0 Å². The molecule has 1 aromatic carbocycles. The highest BCUT2D eigenvalue weighted by molar-refractivity contribution is 7.09. The first-order chi connectivity index (χ1) is 12.7. The van der Waals surface area contributed by atoms with Gasteiger partial charge in [-0.1, -0.05) is 18.2 Å². The SMILES string of the molecule is COc1cccc(C2CC(=O)Nc3c2cnn3Cc2cccs2)c1OC. The molecule has 1 unspecified atom stereocenters. The van der Waals surface area contributed by atoms with Crippen molar-refractivity contribution in [3.63, 3.8) is 0 Å². The lowest BCUT2D eigenvalue weighted by atomic mass is 9.86. The summed E-state index contributed by atoms with van der Waals surface area (Å²) < 4.78 is 12.8. The summed E-state index contributed by atoms with van der Waals surface area (Å²) >= 11 is 1.67. The molecule has 1 atom stereocenters. The molecule has 1 amide bonds. The minimum atomic E-state index is -0.124. The Kier molecular flexibility index (Phi) is 4.38. The minimum absolute atomic E-state index is 0.0275. The molecule has 3 heterocycles. The number of ether oxygens (including phenoxy) is 2. The molecule has 1 N–H and O–H groups in total. The summed E-state index contributed by atoms with van der Waals surface area (Å²) in [4.78, 5) is 13.6. The first-order valence-electron chi connectivity index (χ1n) is 8.30. The quantitative estimate of drug-likeness (QED) is 0.748. The Morgan fingerprint density at radius 1 is 1.23 bits per heavy atom. The van der Waals surface area contributed by atoms with Gasteiger partial charge in [-0.2, -0.15) is 5.10 Å². The first kappa shape index (κ1) is 16.7. The molecule has 6 nitrogen and oxygen atoms in total. The highest BCUT2D eigenvalue weighted by atomic mass is 32.1. The molecule has 0 saturated heterocycles. The summed E-state index contributed by atoms with van der Waals surface area (Å²) in [5, 5.41) is 9.53. The molecular weight excluding hydrogens is 350 g/mol. The number of anilines is 1. The van der Waals surface area contributed by atoms with Crippen molar-refractivity contribution in [1.82, 2.24) is 9.78 Å². The van der Waals surface area contributed by atoms with Crippen LogP contribution in [0.2, 0.25) is 0 Å². The Hall–Kier alpha value is -2.80. The van der Waals surface area contributed by atoms with Crippen LogP contribution in [-0.2, 0) is 11.3 Å². The normalized spacial score (nSPS) is 16.1. The van der Waals surface area contributed by atoms with E-state index in [0.29, 0.717) is 24.5 Å². The number of para-hydroxylation sites is 1. The second kappa shape index (κ2) is 6.84. The number of benzene rings is 1. The number of methoxy groups -OCH3 is 2. The summed E-state index contributed by atoms with van der Waals surface area (Å²) in [6.45, 7) is 0.634. The van der Waals surface area contributed by atoms with E-state index in [-0.39, 0.29) is 11.8 Å². The van der Waals surface area contributed by atoms with Crippen molar-refractivity contribution in [3.8, 4) is 11.5 Å². The van der Waals surface area contributed by atoms with Crippen LogP contribution in [0.3, 0.4) is 0 Å². The third-order valence-electron chi connectivity index (χ3n) is 4.59. The highest BCUT2D eigenvalue weighted by Gasteiger charge is 2.32. The Morgan fingerprint density at radius 3 is 2.85 bits per heavy atom. The Morgan fingerprint density at radius 2 is 2.12 bits per heavy atom. The highest BCUT2D eigenvalue weighted by Crippen LogP contribution is 2.43. The summed E-state index contributed by atoms with van der Waals surface area (Å²) in [6.07, 6.45) is 2.19. The number of thiophene rings is 1. The smallest absolute Gasteiger partial charge is 0.226 e. The zero-order chi connectivity index (χ0) is 18.1. The molecule has 0 saturated carbocycles. The fourth-order valence-electron chi connectivity index (χ4n) is 3.40. The van der Waals surface area contributed by atoms with Crippen molar-refractivity contribution in [1.29, 1.82) is 0 Å². The fraction of sp³-hybridized carbons (Fsp3) is 0.263. The average molecular weight is 369 g/mol. The molecule has 3 aromatic rings. The van der Waals surface area contributed by atoms with Crippen molar-refractivity contribution in [2.75, 3.05) is 19.5 Å². The Balaban J connectivity index is 1.77. The number of fused-ring (bicyclic) bond motifs is 1. The topological polar surface area (TPSA) is 65.4 Å². The summed E-state index contributed by atoms with van der Waals surface area (Å²) in [5.41, 5.74) is 1.92. The first-order valence-corrected chi connectivity index (χ1v) is 9.18. The van der Waals surface area contributed by atoms with E-state index in [9.17, 15) is 4.79 Å². The van der Waals surface area contributed by atoms with Gasteiger partial charge in [0, 0.05) is 28.3 Å². The van der Waals surface area contributed by atoms with Crippen molar-refractivity contribution in [2.24, 2.45) is 0 Å². The lowest BCUT2D eigenvalue weighted by Gasteiger charge is -2.25. The van der Waals surface area contributed by atoms with Crippen LogP contribution in [0.15, 0.2) is 41.9 Å². The molecule has 2 aromatic heterocycles. The number of hydrogen-bond donors (Lipinski definition) is 1. The van der Waals surface area contributed by atoms with E-state index in [2.05, 4.69) is 16.5 Å². The summed E-state index contributed by atoms with van der Waals surface area (Å²) in [6, 6.07) is 9.82. The number of carbonyl (C=O) groups is 1. The standard InChI is InChI=1S/C19H19N3O3S/c1-24-16-7-3-6-13(18(16)25-2)14-9-17(23)21-19-15(14)10-20-22(19)11-12-5-4-8-26-12/h3-8,10,14H,9,11H2,1-2H3,(H,21,23). The second-order valence-electron chi connectivity index (χ2n) is 6.07. The zero-order valence-corrected chi connectivity index (χ0v) is 15.4. The Labute approximate surface area is 155 Å². The second-order valence-corrected chi connectivity index (χ2v) is 7.11. The molecule has 134 valence electrons. The van der Waals surface area contributed by atoms with E-state index in [1.165, 1.54) is 4.88 Å². The molecule has 7 heteroatoms. The fourth-order valence-corrected chi connectivity index (χ4v) is 4.09. The maximum Gasteiger partial charge on any atom is 0.226 e. The van der Waals surface area contributed by atoms with Crippen LogP contribution in [0, 0.1) is 0 Å². The molecule has 1 aliphatic heterocycles. The van der Waals surface area contributed by atoms with Crippen LogP contribution in [0.25, 0.3) is 0 Å². The van der Waals surface area contributed by atoms with Crippen LogP contribution < -0.4 is 14.8 Å². The minimum Gasteiger partial charge on any atom is -0.493 e. The number of carbonyl (C=O) groups excluding carboxylic acids is 1. The number of rotatable bonds is 5. The van der Waals surface area contributed by atoms with E-state index in [4.69, 9.17) is 9.47 Å². The van der Waals surface area contributed by atoms with Crippen LogP contribution in [0.1, 0.15) is 28.3 Å². The van der Waals surface area contributed by atoms with Gasteiger partial charge in [-0.15, -0.1) is 11.3 Å². The molecule has 26 heavy (non-hydrogen) atoms. The lowest BCUT2D eigenvalue weighted by Crippen LogP contribution is -2.25. The molecule has 0 spiro atoms. The van der Waals surface area contributed by atoms with E-state index >= 15 is 0 Å². The van der Waals surface area contributed by atoms with E-state index in [1.54, 1.807) is 25.6 Å². The zero-order valence-electron chi connectivity index (χ0n) is 14.6. The third kappa shape index (κ3) is 2.84. The maximum absolute atomic E-state index is 12.4. The van der Waals surface area contributed by atoms with Gasteiger partial charge in [-0.05, 0) is 17.5 Å². The monoisotopic (exact) mass is 369 g/mol. The van der Waals surface area contributed by atoms with Gasteiger partial charge in [-0.25, -0.2) is 4.68 Å². The average Bonchev–Trinajstić information content (AvgIpc) is 3.31. The van der Waals surface area contributed by atoms with Crippen molar-refractivity contribution >= 4 is 23.1 Å². The molecule has 4 rings (SSSR count). The van der Waals surface area contributed by atoms with Crippen LogP contribution in [0.4, 0.5) is 5.82 Å². The van der Waals surface area contributed by atoms with Crippen LogP contribution in [0.5, 0.6) is 11.5 Å². The molecule has 1 aliphatic rings. The van der Waals surface area contributed by atoms with Crippen molar-refractivity contribution < 1.29 is 14.3 Å². The van der Waals surface area contributed by atoms with E-state index in [0.717, 1.165) is 16.9 Å². The van der Waals surface area contributed by atoms with Crippen LogP contribution >= 0.6 is 11.3 Å². The summed E-state index contributed by atoms with van der Waals surface area (Å²) in [5.74, 6) is 1.92. The molecule has 0 bridgehead atoms. The maximum atomic E-state index is 12.4. The van der Waals surface area contributed by atoms with Crippen molar-refractivity contribution in [3.05, 3.63) is 57.9 Å². The molecule has 0 fully saturated rings. The van der Waals surface area contributed by atoms with Gasteiger partial charge in [0.25, 0.3) is 0 Å². The molecular formula is C19H19N3O3S. The molecule has 0 radical (unpaired) electrons. The largest absolute Gasteiger partial charge is 0.493 e. The summed E-state index contributed by atoms with van der Waals surface area (Å²) in [7, 11) is 3.23. The lowest BCUT2D eigenvalue weighted by molar-refractivity contribution is -0.116. The van der Waals surface area contributed by atoms with Gasteiger partial charge in [0.05, 0.1) is 27.0 Å². The van der Waals surface area contributed by atoms with E-state index in [1.807, 2.05) is 40.5 Å². The predicted molar refractivity (Wildman–Crippen MR) is 100 cm³/mol. The van der Waals surface area contributed by atoms with Gasteiger partial charge in [0.2, 0.25) is 5.91 Å².